The monoisotopic (exact) mass is 214 g/mol. The number of hydrogen-bond donors (Lipinski definition) is 1. The number of rotatable bonds is 4. The van der Waals surface area contributed by atoms with Crippen LogP contribution in [0.2, 0.25) is 0 Å². The van der Waals surface area contributed by atoms with Gasteiger partial charge in [0.1, 0.15) is 5.60 Å². The van der Waals surface area contributed by atoms with Crippen LogP contribution in [0, 0.1) is 5.92 Å². The van der Waals surface area contributed by atoms with E-state index in [1.165, 1.54) is 0 Å². The maximum atomic E-state index is 11.6. The van der Waals surface area contributed by atoms with Gasteiger partial charge in [0.2, 0.25) is 5.91 Å². The van der Waals surface area contributed by atoms with E-state index < -0.39 is 5.60 Å². The molecule has 1 fully saturated rings. The number of carbonyl (C=O) groups is 1. The van der Waals surface area contributed by atoms with Crippen molar-refractivity contribution in [1.29, 1.82) is 0 Å². The molecule has 1 N–H and O–H groups in total. The van der Waals surface area contributed by atoms with Crippen LogP contribution < -0.4 is 0 Å². The largest absolute Gasteiger partial charge is 0.386 e. The van der Waals surface area contributed by atoms with Crippen LogP contribution in [0.4, 0.5) is 0 Å². The lowest BCUT2D eigenvalue weighted by Gasteiger charge is -2.49. The van der Waals surface area contributed by atoms with Gasteiger partial charge in [-0.3, -0.25) is 4.79 Å². The molecule has 4 nitrogen and oxygen atoms in total. The van der Waals surface area contributed by atoms with Crippen molar-refractivity contribution in [3.63, 3.8) is 0 Å². The number of carbonyl (C=O) groups excluding carboxylic acids is 1. The van der Waals surface area contributed by atoms with E-state index in [0.29, 0.717) is 19.5 Å². The molecule has 88 valence electrons. The van der Waals surface area contributed by atoms with Crippen LogP contribution in [0.5, 0.6) is 0 Å². The Hall–Kier alpha value is -0.610. The Labute approximate surface area is 91.9 Å². The van der Waals surface area contributed by atoms with Gasteiger partial charge in [-0.05, 0) is 20.0 Å². The van der Waals surface area contributed by atoms with E-state index in [1.807, 2.05) is 32.8 Å². The molecule has 15 heavy (non-hydrogen) atoms. The minimum absolute atomic E-state index is 0.147. The summed E-state index contributed by atoms with van der Waals surface area (Å²) in [4.78, 5) is 15.4. The molecule has 1 aliphatic rings. The number of aliphatic hydroxyl groups is 1. The minimum Gasteiger partial charge on any atom is -0.386 e. The van der Waals surface area contributed by atoms with Gasteiger partial charge in [0.05, 0.1) is 13.1 Å². The number of likely N-dealkylation sites (tertiary alicyclic amines) is 1. The molecule has 0 unspecified atom stereocenters. The molecule has 4 heteroatoms. The fraction of sp³-hybridized carbons (Fsp3) is 0.909. The van der Waals surface area contributed by atoms with Gasteiger partial charge in [0.25, 0.3) is 0 Å². The molecule has 0 aromatic rings. The first kappa shape index (κ1) is 12.5. The standard InChI is InChI=1S/C11H22N2O2/c1-9(2)11(15)7-13(8-11)10(14)5-6-12(3)4/h9,15H,5-8H2,1-4H3. The van der Waals surface area contributed by atoms with Gasteiger partial charge in [-0.25, -0.2) is 0 Å². The highest BCUT2D eigenvalue weighted by Gasteiger charge is 2.45. The molecule has 0 atom stereocenters. The molecule has 0 bridgehead atoms. The van der Waals surface area contributed by atoms with Crippen molar-refractivity contribution >= 4 is 5.91 Å². The lowest BCUT2D eigenvalue weighted by Crippen LogP contribution is -2.66. The number of amides is 1. The number of nitrogens with zero attached hydrogens (tertiary/aromatic N) is 2. The van der Waals surface area contributed by atoms with E-state index in [2.05, 4.69) is 0 Å². The van der Waals surface area contributed by atoms with Gasteiger partial charge < -0.3 is 14.9 Å². The summed E-state index contributed by atoms with van der Waals surface area (Å²) in [5.74, 6) is 0.365. The molecule has 1 amide bonds. The summed E-state index contributed by atoms with van der Waals surface area (Å²) >= 11 is 0. The van der Waals surface area contributed by atoms with Gasteiger partial charge in [0.15, 0.2) is 0 Å². The van der Waals surface area contributed by atoms with E-state index in [1.54, 1.807) is 4.90 Å². The predicted molar refractivity (Wildman–Crippen MR) is 59.5 cm³/mol. The third-order valence-corrected chi connectivity index (χ3v) is 3.13. The average molecular weight is 214 g/mol. The lowest BCUT2D eigenvalue weighted by molar-refractivity contribution is -0.163. The summed E-state index contributed by atoms with van der Waals surface area (Å²) in [6.45, 7) is 5.74. The number of hydrogen-bond acceptors (Lipinski definition) is 3. The molecule has 0 aromatic carbocycles. The molecule has 0 aliphatic carbocycles. The Morgan fingerprint density at radius 1 is 1.47 bits per heavy atom. The summed E-state index contributed by atoms with van der Waals surface area (Å²) in [7, 11) is 3.90. The molecule has 0 saturated carbocycles. The van der Waals surface area contributed by atoms with E-state index in [9.17, 15) is 9.90 Å². The fourth-order valence-electron chi connectivity index (χ4n) is 1.63. The minimum atomic E-state index is -0.645. The second-order valence-corrected chi connectivity index (χ2v) is 5.06. The first-order valence-corrected chi connectivity index (χ1v) is 5.50. The van der Waals surface area contributed by atoms with Crippen LogP contribution in [0.3, 0.4) is 0 Å². The molecular formula is C11H22N2O2. The quantitative estimate of drug-likeness (QED) is 0.725. The lowest BCUT2D eigenvalue weighted by atomic mass is 9.83. The highest BCUT2D eigenvalue weighted by atomic mass is 16.3. The van der Waals surface area contributed by atoms with Gasteiger partial charge in [-0.2, -0.15) is 0 Å². The average Bonchev–Trinajstić information content (AvgIpc) is 2.08. The van der Waals surface area contributed by atoms with Crippen molar-refractivity contribution in [3.8, 4) is 0 Å². The van der Waals surface area contributed by atoms with Crippen LogP contribution in [0.25, 0.3) is 0 Å². The highest BCUT2D eigenvalue weighted by molar-refractivity contribution is 5.77. The molecule has 0 radical (unpaired) electrons. The molecule has 1 saturated heterocycles. The molecule has 0 aromatic heterocycles. The van der Waals surface area contributed by atoms with Crippen LogP contribution in [-0.2, 0) is 4.79 Å². The van der Waals surface area contributed by atoms with Crippen molar-refractivity contribution in [2.24, 2.45) is 5.92 Å². The zero-order valence-corrected chi connectivity index (χ0v) is 10.2. The Morgan fingerprint density at radius 3 is 2.40 bits per heavy atom. The molecule has 1 heterocycles. The van der Waals surface area contributed by atoms with Crippen molar-refractivity contribution in [2.45, 2.75) is 25.9 Å². The summed E-state index contributed by atoms with van der Waals surface area (Å²) in [6, 6.07) is 0. The number of β-amino-alcohol motifs (C(OH)–C–C–N with tert-alkyl or cyclic N) is 1. The maximum absolute atomic E-state index is 11.6. The van der Waals surface area contributed by atoms with Gasteiger partial charge in [0, 0.05) is 13.0 Å². The Morgan fingerprint density at radius 2 is 2.00 bits per heavy atom. The second kappa shape index (κ2) is 4.49. The summed E-state index contributed by atoms with van der Waals surface area (Å²) < 4.78 is 0. The molecule has 0 spiro atoms. The molecular weight excluding hydrogens is 192 g/mol. The van der Waals surface area contributed by atoms with Crippen LogP contribution in [0.1, 0.15) is 20.3 Å². The summed E-state index contributed by atoms with van der Waals surface area (Å²) in [5.41, 5.74) is -0.645. The van der Waals surface area contributed by atoms with Crippen molar-refractivity contribution in [2.75, 3.05) is 33.7 Å². The van der Waals surface area contributed by atoms with Crippen molar-refractivity contribution in [3.05, 3.63) is 0 Å². The predicted octanol–water partition coefficient (Wildman–Crippen LogP) is 0.167. The Kier molecular flexibility index (Phi) is 3.73. The maximum Gasteiger partial charge on any atom is 0.224 e. The van der Waals surface area contributed by atoms with Gasteiger partial charge in [-0.15, -0.1) is 0 Å². The van der Waals surface area contributed by atoms with Crippen LogP contribution in [0.15, 0.2) is 0 Å². The van der Waals surface area contributed by atoms with Crippen molar-refractivity contribution in [1.82, 2.24) is 9.80 Å². The molecule has 1 rings (SSSR count). The van der Waals surface area contributed by atoms with Crippen molar-refractivity contribution < 1.29 is 9.90 Å². The zero-order valence-electron chi connectivity index (χ0n) is 10.2. The normalized spacial score (nSPS) is 19.5. The third-order valence-electron chi connectivity index (χ3n) is 3.13. The smallest absolute Gasteiger partial charge is 0.224 e. The highest BCUT2D eigenvalue weighted by Crippen LogP contribution is 2.28. The van der Waals surface area contributed by atoms with E-state index in [0.717, 1.165) is 6.54 Å². The van der Waals surface area contributed by atoms with E-state index in [4.69, 9.17) is 0 Å². The van der Waals surface area contributed by atoms with Crippen LogP contribution >= 0.6 is 0 Å². The summed E-state index contributed by atoms with van der Waals surface area (Å²) in [5, 5.41) is 9.98. The van der Waals surface area contributed by atoms with Gasteiger partial charge >= 0.3 is 0 Å². The van der Waals surface area contributed by atoms with Gasteiger partial charge in [-0.1, -0.05) is 13.8 Å². The third kappa shape index (κ3) is 2.92. The van der Waals surface area contributed by atoms with E-state index in [-0.39, 0.29) is 11.8 Å². The zero-order chi connectivity index (χ0) is 11.6. The SMILES string of the molecule is CC(C)C1(O)CN(C(=O)CCN(C)C)C1. The van der Waals surface area contributed by atoms with E-state index >= 15 is 0 Å². The topological polar surface area (TPSA) is 43.8 Å². The fourth-order valence-corrected chi connectivity index (χ4v) is 1.63. The first-order chi connectivity index (χ1) is 6.85. The first-order valence-electron chi connectivity index (χ1n) is 5.50. The second-order valence-electron chi connectivity index (χ2n) is 5.06. The van der Waals surface area contributed by atoms with Crippen LogP contribution in [-0.4, -0.2) is 60.1 Å². The Bertz CT molecular complexity index is 233. The Balaban J connectivity index is 2.29. The summed E-state index contributed by atoms with van der Waals surface area (Å²) in [6.07, 6.45) is 0.543. The molecule has 1 aliphatic heterocycles.